The molecule has 0 saturated carbocycles. The van der Waals surface area contributed by atoms with Crippen LogP contribution in [0.4, 0.5) is 65.9 Å². The van der Waals surface area contributed by atoms with Crippen molar-refractivity contribution in [3.63, 3.8) is 0 Å². The zero-order valence-corrected chi connectivity index (χ0v) is 52.8. The lowest BCUT2D eigenvalue weighted by Gasteiger charge is -2.39. The molecule has 0 heterocycles. The molecule has 0 saturated heterocycles. The molecule has 0 aliphatic carbocycles. The summed E-state index contributed by atoms with van der Waals surface area (Å²) in [6.45, 7) is 24.8. The highest BCUT2D eigenvalue weighted by Crippen LogP contribution is 2.58. The molecule has 2 nitrogen and oxygen atoms in total. The van der Waals surface area contributed by atoms with Crippen LogP contribution < -0.4 is 9.47 Å². The van der Waals surface area contributed by atoms with Gasteiger partial charge in [0, 0.05) is 0 Å². The third-order valence-electron chi connectivity index (χ3n) is 16.0. The zero-order chi connectivity index (χ0) is 68.0. The summed E-state index contributed by atoms with van der Waals surface area (Å²) in [5.41, 5.74) is -5.88. The molecule has 0 fully saturated rings. The molecular formula is C74H75F15O2. The summed E-state index contributed by atoms with van der Waals surface area (Å²) in [6, 6.07) is 41.7. The van der Waals surface area contributed by atoms with Crippen molar-refractivity contribution in [2.75, 3.05) is 0 Å². The van der Waals surface area contributed by atoms with E-state index >= 15 is 0 Å². The third kappa shape index (κ3) is 16.3. The average molecular weight is 1280 g/mol. The van der Waals surface area contributed by atoms with Gasteiger partial charge >= 0.3 is 30.9 Å². The quantitative estimate of drug-likeness (QED) is 0.0953. The smallest absolute Gasteiger partial charge is 0.417 e. The molecule has 17 heteroatoms. The molecule has 0 amide bonds. The van der Waals surface area contributed by atoms with E-state index in [4.69, 9.17) is 9.47 Å². The van der Waals surface area contributed by atoms with Gasteiger partial charge in [-0.1, -0.05) is 210 Å². The van der Waals surface area contributed by atoms with Crippen molar-refractivity contribution in [1.29, 1.82) is 0 Å². The van der Waals surface area contributed by atoms with Crippen LogP contribution in [0.25, 0.3) is 11.1 Å². The standard InChI is InChI=1S/C33H30F6O2.C21H22F6.C20H23F3/c1-21(2)23-5-13-27(14-6-23)40-29-17-9-25(10-18-29)31(32(34,35)36,33(37,38)39)26-11-19-30(20-12-26)41-28-15-7-24(8-16-28)22(3)4;1-13(2)15-7-5-9-17(11-15)19(20(22,23)24,21(25,26)27)18-10-6-8-16(12-18)14(3)4;1-12(2)15-6-8-17(14(5)10-15)18-9-7-16(13(3)4)11-19(18)20(21,22)23/h5-22H,1-4H3;5-14H,1-4H3;6-13H,1-5H3. The average Bonchev–Trinajstić information content (AvgIpc) is 0.736. The second-order valence-electron chi connectivity index (χ2n) is 24.4. The first-order valence-corrected chi connectivity index (χ1v) is 29.7. The summed E-state index contributed by atoms with van der Waals surface area (Å²) in [5.74, 6) is 1.63. The molecule has 488 valence electrons. The van der Waals surface area contributed by atoms with Gasteiger partial charge in [-0.25, -0.2) is 0 Å². The lowest BCUT2D eigenvalue weighted by atomic mass is 9.71. The predicted octanol–water partition coefficient (Wildman–Crippen LogP) is 25.2. The molecule has 91 heavy (non-hydrogen) atoms. The molecule has 8 aromatic rings. The summed E-state index contributed by atoms with van der Waals surface area (Å²) in [6.07, 6.45) is -26.9. The highest BCUT2D eigenvalue weighted by atomic mass is 19.4. The van der Waals surface area contributed by atoms with E-state index in [-0.39, 0.29) is 46.7 Å². The summed E-state index contributed by atoms with van der Waals surface area (Å²) in [7, 11) is 0. The number of rotatable bonds is 15. The van der Waals surface area contributed by atoms with Crippen LogP contribution in [0.5, 0.6) is 23.0 Å². The normalized spacial score (nSPS) is 12.8. The molecule has 8 rings (SSSR count). The Labute approximate surface area is 523 Å². The van der Waals surface area contributed by atoms with Gasteiger partial charge in [0.15, 0.2) is 0 Å². The maximum atomic E-state index is 14.6. The molecule has 0 aromatic heterocycles. The summed E-state index contributed by atoms with van der Waals surface area (Å²) >= 11 is 0. The van der Waals surface area contributed by atoms with Gasteiger partial charge in [-0.3, -0.25) is 0 Å². The van der Waals surface area contributed by atoms with Gasteiger partial charge < -0.3 is 9.47 Å². The Morgan fingerprint density at radius 1 is 0.264 bits per heavy atom. The van der Waals surface area contributed by atoms with Gasteiger partial charge in [0.05, 0.1) is 5.56 Å². The minimum absolute atomic E-state index is 0.0644. The van der Waals surface area contributed by atoms with Crippen LogP contribution in [0, 0.1) is 6.92 Å². The van der Waals surface area contributed by atoms with Crippen LogP contribution in [0.15, 0.2) is 182 Å². The Morgan fingerprint density at radius 3 is 0.813 bits per heavy atom. The Hall–Kier alpha value is -7.69. The molecule has 0 N–H and O–H groups in total. The van der Waals surface area contributed by atoms with E-state index in [2.05, 4.69) is 13.8 Å². The van der Waals surface area contributed by atoms with Crippen molar-refractivity contribution in [3.05, 3.63) is 249 Å². The largest absolute Gasteiger partial charge is 0.457 e. The van der Waals surface area contributed by atoms with Crippen LogP contribution in [-0.4, -0.2) is 24.7 Å². The van der Waals surface area contributed by atoms with Crippen molar-refractivity contribution in [2.24, 2.45) is 0 Å². The van der Waals surface area contributed by atoms with Crippen molar-refractivity contribution in [3.8, 4) is 34.1 Å². The number of hydrogen-bond acceptors (Lipinski definition) is 2. The van der Waals surface area contributed by atoms with Crippen LogP contribution in [0.2, 0.25) is 0 Å². The fourth-order valence-corrected chi connectivity index (χ4v) is 10.6. The number of benzene rings is 8. The second kappa shape index (κ2) is 28.4. The predicted molar refractivity (Wildman–Crippen MR) is 331 cm³/mol. The summed E-state index contributed by atoms with van der Waals surface area (Å²) < 4.78 is 224. The Balaban J connectivity index is 0.000000229. The molecule has 0 radical (unpaired) electrons. The molecule has 0 atom stereocenters. The fraction of sp³-hybridized carbons (Fsp3) is 0.351. The zero-order valence-electron chi connectivity index (χ0n) is 52.8. The molecule has 0 aliphatic rings. The Kier molecular flexibility index (Phi) is 22.6. The molecule has 0 spiro atoms. The lowest BCUT2D eigenvalue weighted by Crippen LogP contribution is -2.54. The van der Waals surface area contributed by atoms with Gasteiger partial charge in [0.2, 0.25) is 10.8 Å². The molecule has 0 unspecified atom stereocenters. The first-order valence-electron chi connectivity index (χ1n) is 29.7. The van der Waals surface area contributed by atoms with E-state index in [1.165, 1.54) is 30.3 Å². The molecule has 8 aromatic carbocycles. The first-order chi connectivity index (χ1) is 42.1. The van der Waals surface area contributed by atoms with Gasteiger partial charge in [-0.2, -0.15) is 65.9 Å². The minimum atomic E-state index is -5.70. The maximum Gasteiger partial charge on any atom is 0.417 e. The van der Waals surface area contributed by atoms with Crippen LogP contribution >= 0.6 is 0 Å². The maximum absolute atomic E-state index is 14.6. The Bertz CT molecular complexity index is 3460. The van der Waals surface area contributed by atoms with Crippen molar-refractivity contribution < 1.29 is 75.3 Å². The minimum Gasteiger partial charge on any atom is -0.457 e. The van der Waals surface area contributed by atoms with Gasteiger partial charge in [0.25, 0.3) is 0 Å². The number of ether oxygens (including phenoxy) is 2. The highest BCUT2D eigenvalue weighted by Gasteiger charge is 2.73. The number of hydrogen-bond donors (Lipinski definition) is 0. The lowest BCUT2D eigenvalue weighted by molar-refractivity contribution is -0.290. The molecule has 0 aliphatic heterocycles. The SMILES string of the molecule is CC(C)c1ccc(Oc2ccc(C(c3ccc(Oc4ccc(C(C)C)cc4)cc3)(C(F)(F)F)C(F)(F)F)cc2)cc1.CC(C)c1cccc(C(c2cccc(C(C)C)c2)(C(F)(F)F)C(F)(F)F)c1.Cc1cc(C(C)C)ccc1-c1ccc(C(C)C)cc1C(F)(F)F. The van der Waals surface area contributed by atoms with Gasteiger partial charge in [-0.15, -0.1) is 0 Å². The first kappa shape index (κ1) is 72.4. The highest BCUT2D eigenvalue weighted by molar-refractivity contribution is 5.72. The number of aryl methyl sites for hydroxylation is 1. The third-order valence-corrected chi connectivity index (χ3v) is 16.0. The van der Waals surface area contributed by atoms with E-state index in [0.717, 1.165) is 95.1 Å². The van der Waals surface area contributed by atoms with Gasteiger partial charge in [0.1, 0.15) is 23.0 Å². The van der Waals surface area contributed by atoms with Crippen molar-refractivity contribution in [2.45, 2.75) is 167 Å². The van der Waals surface area contributed by atoms with Crippen LogP contribution in [0.3, 0.4) is 0 Å². The van der Waals surface area contributed by atoms with E-state index in [0.29, 0.717) is 39.7 Å². The van der Waals surface area contributed by atoms with Crippen molar-refractivity contribution in [1.82, 2.24) is 0 Å². The van der Waals surface area contributed by atoms with Crippen LogP contribution in [-0.2, 0) is 17.0 Å². The van der Waals surface area contributed by atoms with Crippen molar-refractivity contribution >= 4 is 0 Å². The van der Waals surface area contributed by atoms with Crippen LogP contribution in [0.1, 0.15) is 185 Å². The second-order valence-corrected chi connectivity index (χ2v) is 24.4. The Morgan fingerprint density at radius 2 is 0.527 bits per heavy atom. The van der Waals surface area contributed by atoms with E-state index in [9.17, 15) is 65.9 Å². The fourth-order valence-electron chi connectivity index (χ4n) is 10.6. The van der Waals surface area contributed by atoms with E-state index in [1.807, 2.05) is 90.9 Å². The number of halogens is 15. The summed E-state index contributed by atoms with van der Waals surface area (Å²) in [5, 5.41) is 0. The monoisotopic (exact) mass is 1280 g/mol. The topological polar surface area (TPSA) is 18.5 Å². The molecular weight excluding hydrogens is 1210 g/mol. The summed E-state index contributed by atoms with van der Waals surface area (Å²) in [4.78, 5) is 0. The van der Waals surface area contributed by atoms with E-state index < -0.39 is 69.5 Å². The molecule has 0 bridgehead atoms. The van der Waals surface area contributed by atoms with E-state index in [1.54, 1.807) is 64.1 Å². The number of alkyl halides is 15. The van der Waals surface area contributed by atoms with Gasteiger partial charge in [-0.05, 0) is 169 Å².